The van der Waals surface area contributed by atoms with Gasteiger partial charge in [-0.05, 0) is 38.8 Å². The van der Waals surface area contributed by atoms with E-state index in [4.69, 9.17) is 0 Å². The lowest BCUT2D eigenvalue weighted by molar-refractivity contribution is 0.847. The molecule has 0 bridgehead atoms. The number of aromatic nitrogens is 2. The molecule has 0 fully saturated rings. The van der Waals surface area contributed by atoms with E-state index in [0.717, 1.165) is 23.8 Å². The highest BCUT2D eigenvalue weighted by Crippen LogP contribution is 2.29. The molecule has 0 aliphatic rings. The molecule has 0 spiro atoms. The Labute approximate surface area is 116 Å². The third kappa shape index (κ3) is 3.09. The minimum absolute atomic E-state index is 0.289. The van der Waals surface area contributed by atoms with Crippen molar-refractivity contribution in [1.29, 1.82) is 0 Å². The molecule has 5 heteroatoms. The lowest BCUT2D eigenvalue weighted by Crippen LogP contribution is -2.06. The standard InChI is InChI=1S/C13H19N3S2/c1-5-6-12-15-13(18-16-12)14-9(3)11-7-8(2)17-10(11)4/h7,9H,5-6H2,1-4H3,(H,14,15,16). The Hall–Kier alpha value is -0.940. The highest BCUT2D eigenvalue weighted by Gasteiger charge is 2.13. The average Bonchev–Trinajstić information content (AvgIpc) is 2.86. The smallest absolute Gasteiger partial charge is 0.203 e. The van der Waals surface area contributed by atoms with Crippen LogP contribution in [-0.4, -0.2) is 9.36 Å². The number of nitrogens with one attached hydrogen (secondary N) is 1. The molecule has 0 radical (unpaired) electrons. The van der Waals surface area contributed by atoms with Crippen molar-refractivity contribution >= 4 is 28.0 Å². The summed E-state index contributed by atoms with van der Waals surface area (Å²) in [6.07, 6.45) is 2.05. The van der Waals surface area contributed by atoms with Gasteiger partial charge in [-0.25, -0.2) is 4.98 Å². The average molecular weight is 281 g/mol. The summed E-state index contributed by atoms with van der Waals surface area (Å²) in [5, 5.41) is 4.37. The van der Waals surface area contributed by atoms with Crippen LogP contribution in [0.5, 0.6) is 0 Å². The minimum atomic E-state index is 0.289. The van der Waals surface area contributed by atoms with Gasteiger partial charge in [0, 0.05) is 27.7 Å². The largest absolute Gasteiger partial charge is 0.354 e. The number of thiophene rings is 1. The third-order valence-corrected chi connectivity index (χ3v) is 4.49. The quantitative estimate of drug-likeness (QED) is 0.885. The second-order valence-electron chi connectivity index (χ2n) is 4.50. The van der Waals surface area contributed by atoms with Gasteiger partial charge in [-0.2, -0.15) is 4.37 Å². The van der Waals surface area contributed by atoms with Crippen LogP contribution in [0.4, 0.5) is 5.13 Å². The Morgan fingerprint density at radius 2 is 2.17 bits per heavy atom. The maximum absolute atomic E-state index is 4.50. The first-order valence-electron chi connectivity index (χ1n) is 6.26. The van der Waals surface area contributed by atoms with Gasteiger partial charge < -0.3 is 5.32 Å². The van der Waals surface area contributed by atoms with Crippen molar-refractivity contribution < 1.29 is 0 Å². The second kappa shape index (κ2) is 5.80. The fourth-order valence-electron chi connectivity index (χ4n) is 1.98. The van der Waals surface area contributed by atoms with Crippen molar-refractivity contribution in [1.82, 2.24) is 9.36 Å². The highest BCUT2D eigenvalue weighted by atomic mass is 32.1. The summed E-state index contributed by atoms with van der Waals surface area (Å²) in [5.41, 5.74) is 1.37. The van der Waals surface area contributed by atoms with Crippen molar-refractivity contribution in [2.75, 3.05) is 5.32 Å². The van der Waals surface area contributed by atoms with Gasteiger partial charge in [-0.1, -0.05) is 6.92 Å². The molecular formula is C13H19N3S2. The summed E-state index contributed by atoms with van der Waals surface area (Å²) in [5.74, 6) is 0.954. The zero-order chi connectivity index (χ0) is 13.1. The Morgan fingerprint density at radius 1 is 1.39 bits per heavy atom. The Balaban J connectivity index is 2.06. The van der Waals surface area contributed by atoms with E-state index < -0.39 is 0 Å². The molecule has 2 heterocycles. The van der Waals surface area contributed by atoms with E-state index in [2.05, 4.69) is 48.4 Å². The number of aryl methyl sites for hydroxylation is 3. The first-order valence-corrected chi connectivity index (χ1v) is 7.85. The SMILES string of the molecule is CCCc1nsc(NC(C)c2cc(C)sc2C)n1. The molecular weight excluding hydrogens is 262 g/mol. The molecule has 0 aliphatic heterocycles. The van der Waals surface area contributed by atoms with Crippen molar-refractivity contribution in [3.8, 4) is 0 Å². The maximum atomic E-state index is 4.50. The Kier molecular flexibility index (Phi) is 4.35. The molecule has 1 unspecified atom stereocenters. The lowest BCUT2D eigenvalue weighted by Gasteiger charge is -2.12. The molecule has 1 atom stereocenters. The van der Waals surface area contributed by atoms with Crippen LogP contribution < -0.4 is 5.32 Å². The van der Waals surface area contributed by atoms with Crippen molar-refractivity contribution in [2.45, 2.75) is 46.6 Å². The van der Waals surface area contributed by atoms with E-state index >= 15 is 0 Å². The molecule has 2 aromatic heterocycles. The van der Waals surface area contributed by atoms with E-state index in [1.54, 1.807) is 0 Å². The van der Waals surface area contributed by atoms with Gasteiger partial charge in [0.1, 0.15) is 5.82 Å². The third-order valence-electron chi connectivity index (χ3n) is 2.83. The summed E-state index contributed by atoms with van der Waals surface area (Å²) in [6, 6.07) is 2.54. The molecule has 18 heavy (non-hydrogen) atoms. The lowest BCUT2D eigenvalue weighted by atomic mass is 10.1. The van der Waals surface area contributed by atoms with Gasteiger partial charge in [0.15, 0.2) is 0 Å². The van der Waals surface area contributed by atoms with E-state index in [1.165, 1.54) is 26.9 Å². The highest BCUT2D eigenvalue weighted by molar-refractivity contribution is 7.12. The monoisotopic (exact) mass is 281 g/mol. The number of hydrogen-bond donors (Lipinski definition) is 1. The number of hydrogen-bond acceptors (Lipinski definition) is 5. The molecule has 0 saturated heterocycles. The van der Waals surface area contributed by atoms with Crippen LogP contribution in [0.3, 0.4) is 0 Å². The summed E-state index contributed by atoms with van der Waals surface area (Å²) in [7, 11) is 0. The zero-order valence-corrected chi connectivity index (χ0v) is 12.9. The van der Waals surface area contributed by atoms with Gasteiger partial charge in [0.2, 0.25) is 5.13 Å². The molecule has 2 aromatic rings. The van der Waals surface area contributed by atoms with Crippen LogP contribution in [0.2, 0.25) is 0 Å². The summed E-state index contributed by atoms with van der Waals surface area (Å²) >= 11 is 3.31. The predicted octanol–water partition coefficient (Wildman–Crippen LogP) is 4.34. The van der Waals surface area contributed by atoms with Gasteiger partial charge in [-0.3, -0.25) is 0 Å². The Bertz CT molecular complexity index is 516. The topological polar surface area (TPSA) is 37.8 Å². The van der Waals surface area contributed by atoms with Crippen LogP contribution >= 0.6 is 22.9 Å². The summed E-state index contributed by atoms with van der Waals surface area (Å²) in [4.78, 5) is 7.24. The molecule has 98 valence electrons. The van der Waals surface area contributed by atoms with E-state index in [9.17, 15) is 0 Å². The van der Waals surface area contributed by atoms with Crippen LogP contribution in [0.15, 0.2) is 6.07 Å². The van der Waals surface area contributed by atoms with Crippen LogP contribution in [0.1, 0.15) is 47.5 Å². The van der Waals surface area contributed by atoms with Crippen molar-refractivity contribution in [2.24, 2.45) is 0 Å². The molecule has 2 rings (SSSR count). The van der Waals surface area contributed by atoms with Gasteiger partial charge in [0.05, 0.1) is 6.04 Å². The van der Waals surface area contributed by atoms with E-state index in [0.29, 0.717) is 0 Å². The van der Waals surface area contributed by atoms with E-state index in [-0.39, 0.29) is 6.04 Å². The normalized spacial score (nSPS) is 12.7. The number of rotatable bonds is 5. The summed E-state index contributed by atoms with van der Waals surface area (Å²) < 4.78 is 4.35. The summed E-state index contributed by atoms with van der Waals surface area (Å²) in [6.45, 7) is 8.65. The zero-order valence-electron chi connectivity index (χ0n) is 11.3. The fraction of sp³-hybridized carbons (Fsp3) is 0.538. The molecule has 0 amide bonds. The van der Waals surface area contributed by atoms with Crippen molar-refractivity contribution in [3.63, 3.8) is 0 Å². The van der Waals surface area contributed by atoms with E-state index in [1.807, 2.05) is 11.3 Å². The Morgan fingerprint density at radius 3 is 2.78 bits per heavy atom. The van der Waals surface area contributed by atoms with Crippen molar-refractivity contribution in [3.05, 3.63) is 27.2 Å². The van der Waals surface area contributed by atoms with Crippen LogP contribution in [-0.2, 0) is 6.42 Å². The number of nitrogens with zero attached hydrogens (tertiary/aromatic N) is 2. The molecule has 0 aromatic carbocycles. The first kappa shape index (κ1) is 13.5. The van der Waals surface area contributed by atoms with Crippen LogP contribution in [0.25, 0.3) is 0 Å². The molecule has 0 aliphatic carbocycles. The van der Waals surface area contributed by atoms with Crippen LogP contribution in [0, 0.1) is 13.8 Å². The maximum Gasteiger partial charge on any atom is 0.203 e. The first-order chi connectivity index (χ1) is 8.60. The molecule has 3 nitrogen and oxygen atoms in total. The second-order valence-corrected chi connectivity index (χ2v) is 6.71. The number of anilines is 1. The predicted molar refractivity (Wildman–Crippen MR) is 79.7 cm³/mol. The van der Waals surface area contributed by atoms with Gasteiger partial charge in [-0.15, -0.1) is 11.3 Å². The minimum Gasteiger partial charge on any atom is -0.354 e. The van der Waals surface area contributed by atoms with Gasteiger partial charge in [0.25, 0.3) is 0 Å². The molecule has 1 N–H and O–H groups in total. The van der Waals surface area contributed by atoms with Gasteiger partial charge >= 0.3 is 0 Å². The fourth-order valence-corrected chi connectivity index (χ4v) is 3.70. The molecule has 0 saturated carbocycles.